The molecular formula is C17H16Cl2. The van der Waals surface area contributed by atoms with Gasteiger partial charge in [0.15, 0.2) is 0 Å². The number of hydrogen-bond donors (Lipinski definition) is 0. The van der Waals surface area contributed by atoms with Crippen LogP contribution >= 0.6 is 23.2 Å². The van der Waals surface area contributed by atoms with Crippen LogP contribution in [0.15, 0.2) is 54.6 Å². The summed E-state index contributed by atoms with van der Waals surface area (Å²) in [6.45, 7) is 0. The maximum Gasteiger partial charge on any atom is 0.0410 e. The molecule has 2 aromatic rings. The lowest BCUT2D eigenvalue weighted by atomic mass is 10.0. The first-order valence-corrected chi connectivity index (χ1v) is 7.49. The van der Waals surface area contributed by atoms with Gasteiger partial charge >= 0.3 is 0 Å². The van der Waals surface area contributed by atoms with Gasteiger partial charge in [0.25, 0.3) is 0 Å². The van der Waals surface area contributed by atoms with Crippen LogP contribution in [0.2, 0.25) is 5.02 Å². The molecule has 0 radical (unpaired) electrons. The van der Waals surface area contributed by atoms with Gasteiger partial charge < -0.3 is 0 Å². The smallest absolute Gasteiger partial charge is 0.0410 e. The van der Waals surface area contributed by atoms with Crippen LogP contribution in [0.25, 0.3) is 0 Å². The Kier molecular flexibility index (Phi) is 3.81. The predicted octanol–water partition coefficient (Wildman–Crippen LogP) is 5.29. The fraction of sp³-hybridized carbons (Fsp3) is 0.294. The molecule has 98 valence electrons. The van der Waals surface area contributed by atoms with Crippen molar-refractivity contribution in [1.29, 1.82) is 0 Å². The molecule has 0 spiro atoms. The van der Waals surface area contributed by atoms with Crippen molar-refractivity contribution in [2.45, 2.75) is 24.1 Å². The Balaban J connectivity index is 1.61. The highest BCUT2D eigenvalue weighted by Gasteiger charge is 2.42. The molecule has 2 heteroatoms. The predicted molar refractivity (Wildman–Crippen MR) is 82.1 cm³/mol. The molecule has 0 N–H and O–H groups in total. The van der Waals surface area contributed by atoms with E-state index < -0.39 is 0 Å². The van der Waals surface area contributed by atoms with Crippen molar-refractivity contribution in [2.75, 3.05) is 0 Å². The van der Waals surface area contributed by atoms with Gasteiger partial charge in [-0.1, -0.05) is 54.1 Å². The van der Waals surface area contributed by atoms with Crippen LogP contribution in [0.5, 0.6) is 0 Å². The zero-order valence-electron chi connectivity index (χ0n) is 10.6. The summed E-state index contributed by atoms with van der Waals surface area (Å²) in [6, 6.07) is 18.7. The molecule has 3 rings (SSSR count). The largest absolute Gasteiger partial charge is 0.122 e. The molecule has 1 fully saturated rings. The Morgan fingerprint density at radius 2 is 1.68 bits per heavy atom. The van der Waals surface area contributed by atoms with Crippen LogP contribution in [0.4, 0.5) is 0 Å². The summed E-state index contributed by atoms with van der Waals surface area (Å²) in [5.41, 5.74) is 2.69. The van der Waals surface area contributed by atoms with E-state index in [-0.39, 0.29) is 5.38 Å². The topological polar surface area (TPSA) is 0 Å². The van der Waals surface area contributed by atoms with E-state index in [4.69, 9.17) is 23.2 Å². The average molecular weight is 291 g/mol. The van der Waals surface area contributed by atoms with Gasteiger partial charge in [0.2, 0.25) is 0 Å². The normalized spacial score (nSPS) is 23.1. The van der Waals surface area contributed by atoms with Crippen LogP contribution < -0.4 is 0 Å². The minimum Gasteiger partial charge on any atom is -0.122 e. The van der Waals surface area contributed by atoms with Gasteiger partial charge in [-0.15, -0.1) is 11.6 Å². The molecule has 1 saturated carbocycles. The lowest BCUT2D eigenvalue weighted by molar-refractivity contribution is 0.714. The summed E-state index contributed by atoms with van der Waals surface area (Å²) in [5.74, 6) is 1.26. The Bertz CT molecular complexity index is 533. The minimum absolute atomic E-state index is 0.214. The van der Waals surface area contributed by atoms with E-state index in [1.807, 2.05) is 12.1 Å². The Hall–Kier alpha value is -0.980. The van der Waals surface area contributed by atoms with Gasteiger partial charge in [-0.05, 0) is 47.9 Å². The number of benzene rings is 2. The number of alkyl halides is 1. The summed E-state index contributed by atoms with van der Waals surface area (Å²) in [5, 5.41) is 0.995. The summed E-state index contributed by atoms with van der Waals surface area (Å²) in [6.07, 6.45) is 2.14. The maximum absolute atomic E-state index is 6.56. The van der Waals surface area contributed by atoms with Crippen molar-refractivity contribution < 1.29 is 0 Å². The third-order valence-corrected chi connectivity index (χ3v) is 4.61. The van der Waals surface area contributed by atoms with Crippen LogP contribution in [0.3, 0.4) is 0 Å². The van der Waals surface area contributed by atoms with Crippen molar-refractivity contribution in [3.8, 4) is 0 Å². The van der Waals surface area contributed by atoms with E-state index in [9.17, 15) is 0 Å². The molecule has 3 unspecified atom stereocenters. The number of halogens is 2. The van der Waals surface area contributed by atoms with Crippen LogP contribution in [0.1, 0.15) is 23.5 Å². The third-order valence-electron chi connectivity index (χ3n) is 3.88. The first-order valence-electron chi connectivity index (χ1n) is 6.67. The fourth-order valence-electron chi connectivity index (χ4n) is 2.69. The molecule has 0 saturated heterocycles. The van der Waals surface area contributed by atoms with E-state index in [1.165, 1.54) is 17.5 Å². The highest BCUT2D eigenvalue weighted by atomic mass is 35.5. The van der Waals surface area contributed by atoms with Gasteiger partial charge in [0, 0.05) is 10.4 Å². The van der Waals surface area contributed by atoms with Crippen molar-refractivity contribution in [2.24, 2.45) is 5.92 Å². The zero-order chi connectivity index (χ0) is 13.2. The molecule has 1 aliphatic carbocycles. The molecule has 0 heterocycles. The first kappa shape index (κ1) is 13.0. The lowest BCUT2D eigenvalue weighted by Crippen LogP contribution is -2.07. The molecule has 0 aromatic heterocycles. The summed E-state index contributed by atoms with van der Waals surface area (Å²) in [4.78, 5) is 0. The molecule has 1 aliphatic rings. The second-order valence-electron chi connectivity index (χ2n) is 5.26. The molecule has 3 atom stereocenters. The molecular weight excluding hydrogens is 275 g/mol. The molecule has 19 heavy (non-hydrogen) atoms. The van der Waals surface area contributed by atoms with E-state index >= 15 is 0 Å². The van der Waals surface area contributed by atoms with E-state index in [0.29, 0.717) is 11.8 Å². The van der Waals surface area contributed by atoms with E-state index in [2.05, 4.69) is 42.5 Å². The summed E-state index contributed by atoms with van der Waals surface area (Å²) >= 11 is 12.5. The van der Waals surface area contributed by atoms with Crippen molar-refractivity contribution in [3.63, 3.8) is 0 Å². The monoisotopic (exact) mass is 290 g/mol. The fourth-order valence-corrected chi connectivity index (χ4v) is 3.28. The number of hydrogen-bond acceptors (Lipinski definition) is 0. The van der Waals surface area contributed by atoms with Gasteiger partial charge in [0.05, 0.1) is 0 Å². The Labute approximate surface area is 124 Å². The Morgan fingerprint density at radius 3 is 2.37 bits per heavy atom. The molecule has 0 amide bonds. The van der Waals surface area contributed by atoms with Crippen LogP contribution in [-0.4, -0.2) is 5.38 Å². The highest BCUT2D eigenvalue weighted by molar-refractivity contribution is 6.30. The first-order chi connectivity index (χ1) is 9.24. The van der Waals surface area contributed by atoms with Crippen molar-refractivity contribution in [3.05, 3.63) is 70.7 Å². The summed E-state index contributed by atoms with van der Waals surface area (Å²) < 4.78 is 0. The quantitative estimate of drug-likeness (QED) is 0.671. The van der Waals surface area contributed by atoms with Crippen molar-refractivity contribution >= 4 is 23.2 Å². The Morgan fingerprint density at radius 1 is 1.00 bits per heavy atom. The SMILES string of the molecule is Clc1ccc(CC(Cl)C2CC2c2ccccc2)cc1. The van der Waals surface area contributed by atoms with Gasteiger partial charge in [-0.2, -0.15) is 0 Å². The zero-order valence-corrected chi connectivity index (χ0v) is 12.1. The number of rotatable bonds is 4. The van der Waals surface area contributed by atoms with Crippen LogP contribution in [-0.2, 0) is 6.42 Å². The second kappa shape index (κ2) is 5.56. The second-order valence-corrected chi connectivity index (χ2v) is 6.26. The van der Waals surface area contributed by atoms with E-state index in [1.54, 1.807) is 0 Å². The van der Waals surface area contributed by atoms with Gasteiger partial charge in [-0.3, -0.25) is 0 Å². The van der Waals surface area contributed by atoms with Gasteiger partial charge in [-0.25, -0.2) is 0 Å². The van der Waals surface area contributed by atoms with Gasteiger partial charge in [0.1, 0.15) is 0 Å². The van der Waals surface area contributed by atoms with Crippen molar-refractivity contribution in [1.82, 2.24) is 0 Å². The standard InChI is InChI=1S/C17H16Cl2/c18-14-8-6-12(7-9-14)10-17(19)16-11-15(16)13-4-2-1-3-5-13/h1-9,15-17H,10-11H2. The molecule has 0 nitrogen and oxygen atoms in total. The maximum atomic E-state index is 6.56. The van der Waals surface area contributed by atoms with Crippen LogP contribution in [0, 0.1) is 5.92 Å². The highest BCUT2D eigenvalue weighted by Crippen LogP contribution is 2.51. The molecule has 0 bridgehead atoms. The third kappa shape index (κ3) is 3.13. The average Bonchev–Trinajstić information content (AvgIpc) is 3.23. The lowest BCUT2D eigenvalue weighted by Gasteiger charge is -2.09. The molecule has 2 aromatic carbocycles. The minimum atomic E-state index is 0.214. The summed E-state index contributed by atoms with van der Waals surface area (Å²) in [7, 11) is 0. The van der Waals surface area contributed by atoms with E-state index in [0.717, 1.165) is 11.4 Å². The molecule has 0 aliphatic heterocycles.